The number of hydrogen-bond donors (Lipinski definition) is 1. The fourth-order valence-electron chi connectivity index (χ4n) is 3.72. The molecule has 0 bridgehead atoms. The van der Waals surface area contributed by atoms with Crippen LogP contribution in [0.1, 0.15) is 23.2 Å². The van der Waals surface area contributed by atoms with Crippen molar-refractivity contribution in [2.24, 2.45) is 5.92 Å². The van der Waals surface area contributed by atoms with Crippen LogP contribution in [0.15, 0.2) is 66.7 Å². The van der Waals surface area contributed by atoms with Crippen LogP contribution in [-0.4, -0.2) is 29.8 Å². The van der Waals surface area contributed by atoms with E-state index in [4.69, 9.17) is 0 Å². The first-order chi connectivity index (χ1) is 13.6. The van der Waals surface area contributed by atoms with E-state index in [1.165, 1.54) is 12.1 Å². The monoisotopic (exact) mass is 376 g/mol. The van der Waals surface area contributed by atoms with E-state index in [-0.39, 0.29) is 17.7 Å². The van der Waals surface area contributed by atoms with Crippen LogP contribution in [0.4, 0.5) is 14.9 Å². The summed E-state index contributed by atoms with van der Waals surface area (Å²) < 4.78 is 13.3. The third-order valence-corrected chi connectivity index (χ3v) is 5.19. The third-order valence-electron chi connectivity index (χ3n) is 5.19. The summed E-state index contributed by atoms with van der Waals surface area (Å²) in [6.07, 6.45) is 1.52. The first-order valence-corrected chi connectivity index (χ1v) is 9.45. The summed E-state index contributed by atoms with van der Waals surface area (Å²) in [4.78, 5) is 27.2. The molecule has 1 unspecified atom stereocenters. The zero-order valence-corrected chi connectivity index (χ0v) is 15.4. The van der Waals surface area contributed by atoms with Gasteiger partial charge in [0.1, 0.15) is 5.82 Å². The topological polar surface area (TPSA) is 49.4 Å². The summed E-state index contributed by atoms with van der Waals surface area (Å²) in [5.41, 5.74) is 1.09. The van der Waals surface area contributed by atoms with Gasteiger partial charge in [0.15, 0.2) is 5.78 Å². The molecular weight excluding hydrogens is 355 g/mol. The SMILES string of the molecule is O=C(c1ccc2ccccc2c1)C1CCCN(C(=O)Nc2cccc(F)c2)C1. The van der Waals surface area contributed by atoms with Gasteiger partial charge in [0.2, 0.25) is 0 Å². The van der Waals surface area contributed by atoms with Crippen molar-refractivity contribution in [3.05, 3.63) is 78.1 Å². The van der Waals surface area contributed by atoms with Gasteiger partial charge in [-0.3, -0.25) is 4.79 Å². The second-order valence-corrected chi connectivity index (χ2v) is 7.15. The Morgan fingerprint density at radius 2 is 1.79 bits per heavy atom. The summed E-state index contributed by atoms with van der Waals surface area (Å²) in [7, 11) is 0. The van der Waals surface area contributed by atoms with Crippen molar-refractivity contribution in [1.82, 2.24) is 4.90 Å². The molecule has 1 aliphatic rings. The van der Waals surface area contributed by atoms with Gasteiger partial charge in [0.25, 0.3) is 0 Å². The van der Waals surface area contributed by atoms with E-state index in [0.29, 0.717) is 24.3 Å². The maximum absolute atomic E-state index is 13.3. The molecule has 142 valence electrons. The molecule has 1 aliphatic heterocycles. The average Bonchev–Trinajstić information content (AvgIpc) is 2.73. The minimum absolute atomic E-state index is 0.0639. The Balaban J connectivity index is 1.46. The number of ketones is 1. The van der Waals surface area contributed by atoms with Crippen molar-refractivity contribution >= 4 is 28.3 Å². The van der Waals surface area contributed by atoms with Gasteiger partial charge in [-0.05, 0) is 47.9 Å². The van der Waals surface area contributed by atoms with E-state index in [1.807, 2.05) is 42.5 Å². The van der Waals surface area contributed by atoms with Crippen LogP contribution in [0.25, 0.3) is 10.8 Å². The number of benzene rings is 3. The highest BCUT2D eigenvalue weighted by Gasteiger charge is 2.29. The fraction of sp³-hybridized carbons (Fsp3) is 0.217. The highest BCUT2D eigenvalue weighted by atomic mass is 19.1. The highest BCUT2D eigenvalue weighted by molar-refractivity contribution is 6.01. The van der Waals surface area contributed by atoms with Crippen molar-refractivity contribution in [3.8, 4) is 0 Å². The second-order valence-electron chi connectivity index (χ2n) is 7.15. The van der Waals surface area contributed by atoms with Crippen LogP contribution >= 0.6 is 0 Å². The normalized spacial score (nSPS) is 16.8. The molecule has 1 atom stereocenters. The first kappa shape index (κ1) is 18.2. The highest BCUT2D eigenvalue weighted by Crippen LogP contribution is 2.24. The molecular formula is C23H21FN2O2. The minimum Gasteiger partial charge on any atom is -0.324 e. The van der Waals surface area contributed by atoms with Gasteiger partial charge in [-0.2, -0.15) is 0 Å². The third kappa shape index (κ3) is 3.88. The van der Waals surface area contributed by atoms with Crippen LogP contribution in [0.5, 0.6) is 0 Å². The van der Waals surface area contributed by atoms with E-state index in [9.17, 15) is 14.0 Å². The number of nitrogens with zero attached hydrogens (tertiary/aromatic N) is 1. The molecule has 0 spiro atoms. The van der Waals surface area contributed by atoms with Gasteiger partial charge in [-0.1, -0.05) is 42.5 Å². The summed E-state index contributed by atoms with van der Waals surface area (Å²) in [6.45, 7) is 0.954. The number of nitrogens with one attached hydrogen (secondary N) is 1. The van der Waals surface area contributed by atoms with Gasteiger partial charge < -0.3 is 10.2 Å². The maximum atomic E-state index is 13.3. The van der Waals surface area contributed by atoms with Crippen molar-refractivity contribution < 1.29 is 14.0 Å². The van der Waals surface area contributed by atoms with Crippen LogP contribution in [0.3, 0.4) is 0 Å². The van der Waals surface area contributed by atoms with Crippen molar-refractivity contribution in [3.63, 3.8) is 0 Å². The molecule has 5 heteroatoms. The van der Waals surface area contributed by atoms with Crippen molar-refractivity contribution in [2.75, 3.05) is 18.4 Å². The quantitative estimate of drug-likeness (QED) is 0.646. The number of amides is 2. The molecule has 2 amide bonds. The number of fused-ring (bicyclic) bond motifs is 1. The van der Waals surface area contributed by atoms with Gasteiger partial charge in [0, 0.05) is 30.3 Å². The number of urea groups is 1. The van der Waals surface area contributed by atoms with E-state index < -0.39 is 5.82 Å². The molecule has 4 nitrogen and oxygen atoms in total. The maximum Gasteiger partial charge on any atom is 0.321 e. The molecule has 0 aromatic heterocycles. The van der Waals surface area contributed by atoms with E-state index >= 15 is 0 Å². The predicted molar refractivity (Wildman–Crippen MR) is 108 cm³/mol. The Morgan fingerprint density at radius 3 is 2.61 bits per heavy atom. The molecule has 1 N–H and O–H groups in total. The molecule has 28 heavy (non-hydrogen) atoms. The fourth-order valence-corrected chi connectivity index (χ4v) is 3.72. The Kier molecular flexibility index (Phi) is 5.06. The van der Waals surface area contributed by atoms with Crippen molar-refractivity contribution in [1.29, 1.82) is 0 Å². The van der Waals surface area contributed by atoms with Gasteiger partial charge in [-0.25, -0.2) is 9.18 Å². The number of halogens is 1. The standard InChI is InChI=1S/C23H21FN2O2/c24-20-8-3-9-21(14-20)25-23(28)26-12-4-7-19(15-26)22(27)18-11-10-16-5-1-2-6-17(16)13-18/h1-3,5-6,8-11,13-14,19H,4,7,12,15H2,(H,25,28). The molecule has 0 radical (unpaired) electrons. The number of carbonyl (C=O) groups is 2. The largest absolute Gasteiger partial charge is 0.324 e. The van der Waals surface area contributed by atoms with Crippen molar-refractivity contribution in [2.45, 2.75) is 12.8 Å². The Hall–Kier alpha value is -3.21. The van der Waals surface area contributed by atoms with Crippen LogP contribution in [0, 0.1) is 11.7 Å². The lowest BCUT2D eigenvalue weighted by Crippen LogP contribution is -2.44. The zero-order chi connectivity index (χ0) is 19.5. The molecule has 3 aromatic carbocycles. The number of hydrogen-bond acceptors (Lipinski definition) is 2. The van der Waals surface area contributed by atoms with Crippen LogP contribution in [-0.2, 0) is 0 Å². The summed E-state index contributed by atoms with van der Waals surface area (Å²) in [5, 5.41) is 4.84. The lowest BCUT2D eigenvalue weighted by atomic mass is 9.89. The Morgan fingerprint density at radius 1 is 0.964 bits per heavy atom. The first-order valence-electron chi connectivity index (χ1n) is 9.45. The molecule has 0 aliphatic carbocycles. The van der Waals surface area contributed by atoms with Gasteiger partial charge in [-0.15, -0.1) is 0 Å². The molecule has 0 saturated carbocycles. The molecule has 1 saturated heterocycles. The lowest BCUT2D eigenvalue weighted by molar-refractivity contribution is 0.0851. The molecule has 4 rings (SSSR count). The zero-order valence-electron chi connectivity index (χ0n) is 15.4. The van der Waals surface area contributed by atoms with Crippen LogP contribution in [0.2, 0.25) is 0 Å². The average molecular weight is 376 g/mol. The second kappa shape index (κ2) is 7.80. The number of Topliss-reactive ketones (excluding diaryl/α,β-unsaturated/α-hetero) is 1. The summed E-state index contributed by atoms with van der Waals surface area (Å²) >= 11 is 0. The predicted octanol–water partition coefficient (Wildman–Crippen LogP) is 5.11. The molecule has 1 heterocycles. The Bertz CT molecular complexity index is 1030. The number of anilines is 1. The summed E-state index contributed by atoms with van der Waals surface area (Å²) in [6, 6.07) is 19.2. The minimum atomic E-state index is -0.402. The van der Waals surface area contributed by atoms with E-state index in [1.54, 1.807) is 17.0 Å². The number of piperidine rings is 1. The summed E-state index contributed by atoms with van der Waals surface area (Å²) in [5.74, 6) is -0.567. The lowest BCUT2D eigenvalue weighted by Gasteiger charge is -2.32. The van der Waals surface area contributed by atoms with Crippen LogP contribution < -0.4 is 5.32 Å². The Labute approximate surface area is 163 Å². The number of carbonyl (C=O) groups excluding carboxylic acids is 2. The van der Waals surface area contributed by atoms with E-state index in [2.05, 4.69) is 5.32 Å². The number of likely N-dealkylation sites (tertiary alicyclic amines) is 1. The van der Waals surface area contributed by atoms with Gasteiger partial charge >= 0.3 is 6.03 Å². The van der Waals surface area contributed by atoms with E-state index in [0.717, 1.165) is 23.6 Å². The smallest absolute Gasteiger partial charge is 0.321 e. The number of rotatable bonds is 3. The molecule has 1 fully saturated rings. The van der Waals surface area contributed by atoms with Gasteiger partial charge in [0.05, 0.1) is 0 Å². The molecule has 3 aromatic rings.